The van der Waals surface area contributed by atoms with Crippen molar-refractivity contribution in [1.82, 2.24) is 4.90 Å². The van der Waals surface area contributed by atoms with Crippen LogP contribution in [0.15, 0.2) is 47.4 Å². The van der Waals surface area contributed by atoms with Gasteiger partial charge in [0.15, 0.2) is 0 Å². The summed E-state index contributed by atoms with van der Waals surface area (Å²) in [5, 5.41) is 19.6. The van der Waals surface area contributed by atoms with Crippen LogP contribution < -0.4 is 4.74 Å². The van der Waals surface area contributed by atoms with E-state index in [9.17, 15) is 23.4 Å². The quantitative estimate of drug-likeness (QED) is 0.570. The Morgan fingerprint density at radius 1 is 1.03 bits per heavy atom. The molecule has 4 nitrogen and oxygen atoms in total. The molecular weight excluding hydrogens is 415 g/mol. The molecule has 30 heavy (non-hydrogen) atoms. The van der Waals surface area contributed by atoms with Crippen LogP contribution in [0, 0.1) is 0 Å². The molecule has 0 atom stereocenters. The number of benzene rings is 2. The fourth-order valence-electron chi connectivity index (χ4n) is 3.89. The van der Waals surface area contributed by atoms with Crippen LogP contribution in [0.5, 0.6) is 11.5 Å². The molecule has 1 fully saturated rings. The summed E-state index contributed by atoms with van der Waals surface area (Å²) in [5.41, 5.74) is -2.71. The Labute approximate surface area is 178 Å². The Hall–Kier alpha value is -1.90. The van der Waals surface area contributed by atoms with Crippen LogP contribution in [0.3, 0.4) is 0 Å². The van der Waals surface area contributed by atoms with Crippen molar-refractivity contribution < 1.29 is 28.1 Å². The minimum Gasteiger partial charge on any atom is -0.508 e. The summed E-state index contributed by atoms with van der Waals surface area (Å²) in [7, 11) is 1.36. The van der Waals surface area contributed by atoms with Crippen molar-refractivity contribution in [2.75, 3.05) is 7.11 Å². The SMILES string of the molecule is COc1ccc(CN(Cc2cccc(O)c2)C2CCC(O)CC2)cc1SC(F)(F)F. The summed E-state index contributed by atoms with van der Waals surface area (Å²) in [4.78, 5) is 2.25. The zero-order valence-corrected chi connectivity index (χ0v) is 17.5. The number of rotatable bonds is 7. The maximum absolute atomic E-state index is 13.0. The molecule has 8 heteroatoms. The minimum absolute atomic E-state index is 0.0406. The number of aliphatic hydroxyl groups is 1. The maximum atomic E-state index is 13.0. The summed E-state index contributed by atoms with van der Waals surface area (Å²) in [6, 6.07) is 12.1. The number of methoxy groups -OCH3 is 1. The van der Waals surface area contributed by atoms with Crippen LogP contribution in [-0.2, 0) is 13.1 Å². The average Bonchev–Trinajstić information content (AvgIpc) is 2.67. The van der Waals surface area contributed by atoms with E-state index < -0.39 is 5.51 Å². The first-order valence-electron chi connectivity index (χ1n) is 9.86. The van der Waals surface area contributed by atoms with Gasteiger partial charge in [-0.25, -0.2) is 0 Å². The summed E-state index contributed by atoms with van der Waals surface area (Å²) < 4.78 is 44.0. The molecule has 0 aliphatic heterocycles. The molecule has 0 unspecified atom stereocenters. The Balaban J connectivity index is 1.83. The zero-order valence-electron chi connectivity index (χ0n) is 16.7. The molecule has 1 saturated carbocycles. The molecule has 1 aliphatic carbocycles. The molecule has 2 N–H and O–H groups in total. The van der Waals surface area contributed by atoms with Crippen molar-refractivity contribution in [3.05, 3.63) is 53.6 Å². The lowest BCUT2D eigenvalue weighted by molar-refractivity contribution is -0.0328. The molecule has 164 valence electrons. The Morgan fingerprint density at radius 3 is 2.30 bits per heavy atom. The zero-order chi connectivity index (χ0) is 21.7. The van der Waals surface area contributed by atoms with Crippen molar-refractivity contribution >= 4 is 11.8 Å². The highest BCUT2D eigenvalue weighted by atomic mass is 32.2. The molecule has 0 bridgehead atoms. The monoisotopic (exact) mass is 441 g/mol. The lowest BCUT2D eigenvalue weighted by Gasteiger charge is -2.36. The topological polar surface area (TPSA) is 52.9 Å². The van der Waals surface area contributed by atoms with Gasteiger partial charge in [0.2, 0.25) is 0 Å². The number of ether oxygens (including phenoxy) is 1. The molecule has 0 aromatic heterocycles. The first-order valence-corrected chi connectivity index (χ1v) is 10.7. The standard InChI is InChI=1S/C22H26F3NO3S/c1-29-20-10-5-16(12-21(20)30-22(23,24)25)14-26(17-6-8-18(27)9-7-17)13-15-3-2-4-19(28)11-15/h2-5,10-12,17-18,27-28H,6-9,13-14H2,1H3. The molecular formula is C22H26F3NO3S. The van der Waals surface area contributed by atoms with Crippen molar-refractivity contribution in [3.63, 3.8) is 0 Å². The second-order valence-electron chi connectivity index (χ2n) is 7.57. The molecule has 0 heterocycles. The van der Waals surface area contributed by atoms with Crippen LogP contribution in [0.1, 0.15) is 36.8 Å². The molecule has 2 aromatic carbocycles. The van der Waals surface area contributed by atoms with Crippen molar-refractivity contribution in [3.8, 4) is 11.5 Å². The van der Waals surface area contributed by atoms with Crippen LogP contribution in [-0.4, -0.2) is 39.9 Å². The number of halogens is 3. The number of thioether (sulfide) groups is 1. The third kappa shape index (κ3) is 6.55. The summed E-state index contributed by atoms with van der Waals surface area (Å²) in [6.07, 6.45) is 2.76. The number of phenolic OH excluding ortho intramolecular Hbond substituents is 1. The molecule has 0 spiro atoms. The van der Waals surface area contributed by atoms with Gasteiger partial charge in [-0.3, -0.25) is 4.90 Å². The first kappa shape index (κ1) is 22.8. The van der Waals surface area contributed by atoms with Crippen LogP contribution in [0.4, 0.5) is 13.2 Å². The highest BCUT2D eigenvalue weighted by Crippen LogP contribution is 2.42. The molecule has 0 radical (unpaired) electrons. The van der Waals surface area contributed by atoms with Gasteiger partial charge >= 0.3 is 5.51 Å². The highest BCUT2D eigenvalue weighted by Gasteiger charge is 2.31. The predicted octanol–water partition coefficient (Wildman–Crippen LogP) is 5.32. The van der Waals surface area contributed by atoms with E-state index in [1.807, 2.05) is 6.07 Å². The van der Waals surface area contributed by atoms with Crippen molar-refractivity contribution in [2.45, 2.75) is 61.3 Å². The molecule has 3 rings (SSSR count). The van der Waals surface area contributed by atoms with Gasteiger partial charge < -0.3 is 14.9 Å². The van der Waals surface area contributed by atoms with Gasteiger partial charge in [0, 0.05) is 19.1 Å². The summed E-state index contributed by atoms with van der Waals surface area (Å²) >= 11 is -0.175. The number of aromatic hydroxyl groups is 1. The fraction of sp³-hybridized carbons (Fsp3) is 0.455. The number of hydrogen-bond donors (Lipinski definition) is 2. The minimum atomic E-state index is -4.40. The van der Waals surface area contributed by atoms with E-state index >= 15 is 0 Å². The first-order chi connectivity index (χ1) is 14.2. The van der Waals surface area contributed by atoms with Gasteiger partial charge in [-0.05, 0) is 72.8 Å². The van der Waals surface area contributed by atoms with Crippen molar-refractivity contribution in [2.24, 2.45) is 0 Å². The lowest BCUT2D eigenvalue weighted by Crippen LogP contribution is -2.38. The predicted molar refractivity (Wildman–Crippen MR) is 111 cm³/mol. The molecule has 0 saturated heterocycles. The maximum Gasteiger partial charge on any atom is 0.446 e. The smallest absolute Gasteiger partial charge is 0.446 e. The molecule has 1 aliphatic rings. The Bertz CT molecular complexity index is 839. The lowest BCUT2D eigenvalue weighted by atomic mass is 9.91. The van der Waals surface area contributed by atoms with Crippen LogP contribution >= 0.6 is 11.8 Å². The van der Waals surface area contributed by atoms with E-state index in [-0.39, 0.29) is 40.3 Å². The normalized spacial score (nSPS) is 19.8. The third-order valence-electron chi connectivity index (χ3n) is 5.32. The van der Waals surface area contributed by atoms with Crippen LogP contribution in [0.25, 0.3) is 0 Å². The van der Waals surface area contributed by atoms with E-state index in [0.29, 0.717) is 25.9 Å². The van der Waals surface area contributed by atoms with Gasteiger partial charge in [-0.15, -0.1) is 0 Å². The second kappa shape index (κ2) is 9.94. The average molecular weight is 442 g/mol. The number of phenols is 1. The number of hydrogen-bond acceptors (Lipinski definition) is 5. The van der Waals surface area contributed by atoms with Gasteiger partial charge in [0.05, 0.1) is 18.1 Å². The van der Waals surface area contributed by atoms with E-state index in [1.165, 1.54) is 13.2 Å². The largest absolute Gasteiger partial charge is 0.508 e. The highest BCUT2D eigenvalue weighted by molar-refractivity contribution is 8.00. The van der Waals surface area contributed by atoms with Gasteiger partial charge in [-0.2, -0.15) is 13.2 Å². The fourth-order valence-corrected chi connectivity index (χ4v) is 4.60. The summed E-state index contributed by atoms with van der Waals surface area (Å²) in [6.45, 7) is 1.02. The number of nitrogens with zero attached hydrogens (tertiary/aromatic N) is 1. The van der Waals surface area contributed by atoms with E-state index in [2.05, 4.69) is 4.90 Å². The van der Waals surface area contributed by atoms with Gasteiger partial charge in [-0.1, -0.05) is 18.2 Å². The third-order valence-corrected chi connectivity index (χ3v) is 6.09. The second-order valence-corrected chi connectivity index (χ2v) is 8.68. The van der Waals surface area contributed by atoms with E-state index in [4.69, 9.17) is 4.74 Å². The Kier molecular flexibility index (Phi) is 7.55. The molecule has 0 amide bonds. The summed E-state index contributed by atoms with van der Waals surface area (Å²) in [5.74, 6) is 0.376. The molecule has 2 aromatic rings. The van der Waals surface area contributed by atoms with Crippen molar-refractivity contribution in [1.29, 1.82) is 0 Å². The van der Waals surface area contributed by atoms with Crippen LogP contribution in [0.2, 0.25) is 0 Å². The number of aliphatic hydroxyl groups excluding tert-OH is 1. The van der Waals surface area contributed by atoms with Gasteiger partial charge in [0.1, 0.15) is 11.5 Å². The van der Waals surface area contributed by atoms with E-state index in [0.717, 1.165) is 24.0 Å². The Morgan fingerprint density at radius 2 is 1.70 bits per heavy atom. The van der Waals surface area contributed by atoms with E-state index in [1.54, 1.807) is 30.3 Å². The van der Waals surface area contributed by atoms with Gasteiger partial charge in [0.25, 0.3) is 0 Å². The number of alkyl halides is 3.